The summed E-state index contributed by atoms with van der Waals surface area (Å²) in [4.78, 5) is 11.0. The lowest BCUT2D eigenvalue weighted by atomic mass is 9.93. The lowest BCUT2D eigenvalue weighted by molar-refractivity contribution is -0.137. The number of carboxylic acids is 1. The molecule has 96 valence electrons. The summed E-state index contributed by atoms with van der Waals surface area (Å²) in [5.74, 6) is -1.67. The molecule has 0 saturated heterocycles. The van der Waals surface area contributed by atoms with E-state index in [1.807, 2.05) is 0 Å². The average molecular weight is 258 g/mol. The first kappa shape index (κ1) is 11.7. The van der Waals surface area contributed by atoms with Gasteiger partial charge in [0.15, 0.2) is 0 Å². The average Bonchev–Trinajstić information content (AvgIpc) is 2.64. The number of carboxylic acid groups (broad SMARTS) is 1. The summed E-state index contributed by atoms with van der Waals surface area (Å²) in [7, 11) is 0. The SMILES string of the molecule is O=C(O)CC1c2cc(F)ccc2-c2c(O)cccc21. The largest absolute Gasteiger partial charge is 0.507 e. The summed E-state index contributed by atoms with van der Waals surface area (Å²) in [6, 6.07) is 9.26. The molecule has 2 aromatic rings. The van der Waals surface area contributed by atoms with Crippen molar-refractivity contribution >= 4 is 5.97 Å². The molecule has 2 aromatic carbocycles. The summed E-state index contributed by atoms with van der Waals surface area (Å²) >= 11 is 0. The zero-order chi connectivity index (χ0) is 13.6. The Morgan fingerprint density at radius 3 is 2.74 bits per heavy atom. The third-order valence-corrected chi connectivity index (χ3v) is 3.49. The Labute approximate surface area is 108 Å². The quantitative estimate of drug-likeness (QED) is 0.870. The molecule has 19 heavy (non-hydrogen) atoms. The molecule has 0 spiro atoms. The van der Waals surface area contributed by atoms with E-state index in [-0.39, 0.29) is 12.2 Å². The highest BCUT2D eigenvalue weighted by Gasteiger charge is 2.32. The Balaban J connectivity index is 2.26. The minimum absolute atomic E-state index is 0.0956. The Kier molecular flexibility index (Phi) is 2.52. The molecular formula is C15H11FO3. The summed E-state index contributed by atoms with van der Waals surface area (Å²) < 4.78 is 13.4. The van der Waals surface area contributed by atoms with Crippen molar-refractivity contribution in [3.8, 4) is 16.9 Å². The van der Waals surface area contributed by atoms with E-state index in [9.17, 15) is 14.3 Å². The number of hydrogen-bond donors (Lipinski definition) is 2. The van der Waals surface area contributed by atoms with Gasteiger partial charge in [-0.2, -0.15) is 0 Å². The van der Waals surface area contributed by atoms with Gasteiger partial charge in [-0.05, 0) is 34.9 Å². The van der Waals surface area contributed by atoms with Gasteiger partial charge in [-0.15, -0.1) is 0 Å². The number of phenolic OH excluding ortho intramolecular Hbond substituents is 1. The van der Waals surface area contributed by atoms with Crippen LogP contribution in [0, 0.1) is 5.82 Å². The van der Waals surface area contributed by atoms with E-state index in [1.165, 1.54) is 12.1 Å². The molecule has 2 N–H and O–H groups in total. The van der Waals surface area contributed by atoms with Crippen molar-refractivity contribution in [2.75, 3.05) is 0 Å². The zero-order valence-corrected chi connectivity index (χ0v) is 9.93. The monoisotopic (exact) mass is 258 g/mol. The highest BCUT2D eigenvalue weighted by molar-refractivity contribution is 5.85. The first-order chi connectivity index (χ1) is 9.08. The molecule has 0 aliphatic heterocycles. The second kappa shape index (κ2) is 4.09. The van der Waals surface area contributed by atoms with Crippen LogP contribution < -0.4 is 0 Å². The van der Waals surface area contributed by atoms with Crippen molar-refractivity contribution in [1.29, 1.82) is 0 Å². The van der Waals surface area contributed by atoms with Crippen LogP contribution >= 0.6 is 0 Å². The molecule has 1 aliphatic rings. The summed E-state index contributed by atoms with van der Waals surface area (Å²) in [5, 5.41) is 19.0. The maximum absolute atomic E-state index is 13.4. The van der Waals surface area contributed by atoms with Crippen LogP contribution in [0.1, 0.15) is 23.5 Å². The van der Waals surface area contributed by atoms with Crippen LogP contribution in [0.3, 0.4) is 0 Å². The number of carbonyl (C=O) groups is 1. The smallest absolute Gasteiger partial charge is 0.304 e. The minimum Gasteiger partial charge on any atom is -0.507 e. The van der Waals surface area contributed by atoms with Gasteiger partial charge in [-0.3, -0.25) is 4.79 Å². The molecular weight excluding hydrogens is 247 g/mol. The van der Waals surface area contributed by atoms with Crippen molar-refractivity contribution in [1.82, 2.24) is 0 Å². The fourth-order valence-electron chi connectivity index (χ4n) is 2.75. The van der Waals surface area contributed by atoms with Gasteiger partial charge < -0.3 is 10.2 Å². The van der Waals surface area contributed by atoms with Crippen LogP contribution in [-0.4, -0.2) is 16.2 Å². The fraction of sp³-hybridized carbons (Fsp3) is 0.133. The maximum Gasteiger partial charge on any atom is 0.304 e. The van der Waals surface area contributed by atoms with E-state index in [2.05, 4.69) is 0 Å². The van der Waals surface area contributed by atoms with E-state index < -0.39 is 17.7 Å². The Morgan fingerprint density at radius 2 is 2.00 bits per heavy atom. The number of hydrogen-bond acceptors (Lipinski definition) is 2. The number of aromatic hydroxyl groups is 1. The molecule has 0 fully saturated rings. The number of benzene rings is 2. The summed E-state index contributed by atoms with van der Waals surface area (Å²) in [5.41, 5.74) is 2.69. The predicted octanol–water partition coefficient (Wildman–Crippen LogP) is 3.12. The second-order valence-corrected chi connectivity index (χ2v) is 4.62. The molecule has 0 aromatic heterocycles. The normalized spacial score (nSPS) is 15.9. The fourth-order valence-corrected chi connectivity index (χ4v) is 2.75. The standard InChI is InChI=1S/C15H11FO3/c16-8-4-5-10-11(6-8)12(7-14(18)19)9-2-1-3-13(17)15(9)10/h1-6,12,17H,7H2,(H,18,19). The predicted molar refractivity (Wildman–Crippen MR) is 67.6 cm³/mol. The van der Waals surface area contributed by atoms with Gasteiger partial charge in [0, 0.05) is 11.5 Å². The molecule has 0 radical (unpaired) electrons. The van der Waals surface area contributed by atoms with Crippen LogP contribution in [0.5, 0.6) is 5.75 Å². The third-order valence-electron chi connectivity index (χ3n) is 3.49. The van der Waals surface area contributed by atoms with E-state index >= 15 is 0 Å². The zero-order valence-electron chi connectivity index (χ0n) is 9.93. The van der Waals surface area contributed by atoms with Gasteiger partial charge in [0.05, 0.1) is 6.42 Å². The van der Waals surface area contributed by atoms with Gasteiger partial charge in [-0.1, -0.05) is 18.2 Å². The second-order valence-electron chi connectivity index (χ2n) is 4.62. The van der Waals surface area contributed by atoms with Crippen molar-refractivity contribution < 1.29 is 19.4 Å². The summed E-state index contributed by atoms with van der Waals surface area (Å²) in [6.07, 6.45) is -0.118. The molecule has 1 aliphatic carbocycles. The third kappa shape index (κ3) is 1.76. The van der Waals surface area contributed by atoms with E-state index in [0.717, 1.165) is 5.56 Å². The number of rotatable bonds is 2. The van der Waals surface area contributed by atoms with E-state index in [1.54, 1.807) is 24.3 Å². The van der Waals surface area contributed by atoms with Crippen LogP contribution in [0.2, 0.25) is 0 Å². The number of phenols is 1. The molecule has 3 nitrogen and oxygen atoms in total. The Bertz CT molecular complexity index is 679. The van der Waals surface area contributed by atoms with Crippen LogP contribution in [0.15, 0.2) is 36.4 Å². The molecule has 1 unspecified atom stereocenters. The molecule has 0 heterocycles. The molecule has 0 amide bonds. The number of aliphatic carboxylic acids is 1. The molecule has 4 heteroatoms. The minimum atomic E-state index is -0.948. The highest BCUT2D eigenvalue weighted by Crippen LogP contribution is 2.49. The van der Waals surface area contributed by atoms with Crippen LogP contribution in [-0.2, 0) is 4.79 Å². The lowest BCUT2D eigenvalue weighted by Gasteiger charge is -2.10. The molecule has 1 atom stereocenters. The molecule has 0 saturated carbocycles. The van der Waals surface area contributed by atoms with Gasteiger partial charge in [-0.25, -0.2) is 4.39 Å². The van der Waals surface area contributed by atoms with Crippen LogP contribution in [0.4, 0.5) is 4.39 Å². The lowest BCUT2D eigenvalue weighted by Crippen LogP contribution is -2.05. The van der Waals surface area contributed by atoms with Crippen LogP contribution in [0.25, 0.3) is 11.1 Å². The van der Waals surface area contributed by atoms with Gasteiger partial charge in [0.2, 0.25) is 0 Å². The Morgan fingerprint density at radius 1 is 1.21 bits per heavy atom. The number of halogens is 1. The summed E-state index contributed by atoms with van der Waals surface area (Å²) in [6.45, 7) is 0. The maximum atomic E-state index is 13.4. The van der Waals surface area contributed by atoms with Crippen molar-refractivity contribution in [2.45, 2.75) is 12.3 Å². The van der Waals surface area contributed by atoms with Crippen molar-refractivity contribution in [3.05, 3.63) is 53.3 Å². The first-order valence-corrected chi connectivity index (χ1v) is 5.91. The number of fused-ring (bicyclic) bond motifs is 3. The van der Waals surface area contributed by atoms with Crippen molar-refractivity contribution in [3.63, 3.8) is 0 Å². The van der Waals surface area contributed by atoms with Gasteiger partial charge >= 0.3 is 5.97 Å². The topological polar surface area (TPSA) is 57.5 Å². The highest BCUT2D eigenvalue weighted by atomic mass is 19.1. The van der Waals surface area contributed by atoms with Gasteiger partial charge in [0.1, 0.15) is 11.6 Å². The first-order valence-electron chi connectivity index (χ1n) is 5.91. The molecule has 3 rings (SSSR count). The Hall–Kier alpha value is -2.36. The van der Waals surface area contributed by atoms with Crippen molar-refractivity contribution in [2.24, 2.45) is 0 Å². The van der Waals surface area contributed by atoms with E-state index in [4.69, 9.17) is 5.11 Å². The van der Waals surface area contributed by atoms with E-state index in [0.29, 0.717) is 16.7 Å². The molecule has 0 bridgehead atoms. The van der Waals surface area contributed by atoms with Gasteiger partial charge in [0.25, 0.3) is 0 Å².